The molecule has 16 heavy (non-hydrogen) atoms. The first-order valence-corrected chi connectivity index (χ1v) is 5.19. The molecule has 0 saturated carbocycles. The molecule has 1 atom stereocenters. The highest BCUT2D eigenvalue weighted by Crippen LogP contribution is 2.02. The van der Waals surface area contributed by atoms with Gasteiger partial charge in [-0.15, -0.1) is 0 Å². The Bertz CT molecular complexity index is 317. The van der Waals surface area contributed by atoms with Gasteiger partial charge in [-0.25, -0.2) is 0 Å². The maximum absolute atomic E-state index is 9.00. The first kappa shape index (κ1) is 13.2. The summed E-state index contributed by atoms with van der Waals surface area (Å²) in [6, 6.07) is 7.02. The Morgan fingerprint density at radius 1 is 1.38 bits per heavy atom. The van der Waals surface area contributed by atoms with Crippen molar-refractivity contribution in [3.63, 3.8) is 0 Å². The largest absolute Gasteiger partial charge is 0.488 e. The van der Waals surface area contributed by atoms with Crippen LogP contribution in [0.3, 0.4) is 0 Å². The van der Waals surface area contributed by atoms with E-state index < -0.39 is 7.12 Å². The molecular formula is C11H17BO4. The fraction of sp³-hybridized carbons (Fsp3) is 0.455. The molecule has 0 aliphatic heterocycles. The van der Waals surface area contributed by atoms with Crippen LogP contribution in [0.5, 0.6) is 0 Å². The van der Waals surface area contributed by atoms with Crippen molar-refractivity contribution in [3.05, 3.63) is 29.8 Å². The second-order valence-electron chi connectivity index (χ2n) is 3.70. The van der Waals surface area contributed by atoms with Crippen LogP contribution < -0.4 is 5.46 Å². The molecule has 0 aliphatic rings. The topological polar surface area (TPSA) is 58.9 Å². The van der Waals surface area contributed by atoms with E-state index in [-0.39, 0.29) is 6.10 Å². The van der Waals surface area contributed by atoms with Crippen molar-refractivity contribution in [2.45, 2.75) is 19.6 Å². The SMILES string of the molecule is COCC(C)OCc1cccc(B(O)O)c1. The van der Waals surface area contributed by atoms with Crippen LogP contribution in [-0.2, 0) is 16.1 Å². The predicted molar refractivity (Wildman–Crippen MR) is 62.4 cm³/mol. The molecule has 0 spiro atoms. The van der Waals surface area contributed by atoms with Gasteiger partial charge < -0.3 is 19.5 Å². The second kappa shape index (κ2) is 6.65. The van der Waals surface area contributed by atoms with Crippen LogP contribution in [0.1, 0.15) is 12.5 Å². The van der Waals surface area contributed by atoms with E-state index in [1.54, 1.807) is 25.3 Å². The molecule has 88 valence electrons. The summed E-state index contributed by atoms with van der Waals surface area (Å²) in [7, 11) is 0.194. The molecule has 0 amide bonds. The van der Waals surface area contributed by atoms with Crippen molar-refractivity contribution in [2.24, 2.45) is 0 Å². The fourth-order valence-electron chi connectivity index (χ4n) is 1.36. The van der Waals surface area contributed by atoms with Gasteiger partial charge in [0.15, 0.2) is 0 Å². The van der Waals surface area contributed by atoms with E-state index in [0.717, 1.165) is 5.56 Å². The minimum atomic E-state index is -1.43. The lowest BCUT2D eigenvalue weighted by Gasteiger charge is -2.12. The van der Waals surface area contributed by atoms with Gasteiger partial charge in [0, 0.05) is 7.11 Å². The molecule has 5 heteroatoms. The summed E-state index contributed by atoms with van der Waals surface area (Å²) in [5.74, 6) is 0. The highest BCUT2D eigenvalue weighted by molar-refractivity contribution is 6.58. The quantitative estimate of drug-likeness (QED) is 0.663. The van der Waals surface area contributed by atoms with Gasteiger partial charge in [-0.1, -0.05) is 24.3 Å². The molecule has 1 aromatic carbocycles. The molecule has 0 heterocycles. The standard InChI is InChI=1S/C11H17BO4/c1-9(7-15-2)16-8-10-4-3-5-11(6-10)12(13)14/h3-6,9,13-14H,7-8H2,1-2H3. The lowest BCUT2D eigenvalue weighted by molar-refractivity contribution is -0.000106. The zero-order valence-electron chi connectivity index (χ0n) is 9.59. The zero-order chi connectivity index (χ0) is 12.0. The van der Waals surface area contributed by atoms with Crippen LogP contribution in [0, 0.1) is 0 Å². The van der Waals surface area contributed by atoms with Crippen LogP contribution >= 0.6 is 0 Å². The second-order valence-corrected chi connectivity index (χ2v) is 3.70. The molecule has 0 bridgehead atoms. The van der Waals surface area contributed by atoms with Gasteiger partial charge in [0.25, 0.3) is 0 Å². The van der Waals surface area contributed by atoms with E-state index in [4.69, 9.17) is 19.5 Å². The summed E-state index contributed by atoms with van der Waals surface area (Å²) in [6.45, 7) is 2.90. The van der Waals surface area contributed by atoms with Gasteiger partial charge in [-0.05, 0) is 17.9 Å². The molecule has 0 radical (unpaired) electrons. The van der Waals surface area contributed by atoms with Gasteiger partial charge in [-0.2, -0.15) is 0 Å². The number of methoxy groups -OCH3 is 1. The summed E-state index contributed by atoms with van der Waals surface area (Å²) in [6.07, 6.45) is 0.0210. The molecule has 0 aromatic heterocycles. The number of hydrogen-bond acceptors (Lipinski definition) is 4. The smallest absolute Gasteiger partial charge is 0.423 e. The normalized spacial score (nSPS) is 12.5. The third-order valence-electron chi connectivity index (χ3n) is 2.19. The minimum absolute atomic E-state index is 0.0210. The maximum Gasteiger partial charge on any atom is 0.488 e. The summed E-state index contributed by atoms with van der Waals surface area (Å²) in [5, 5.41) is 18.0. The van der Waals surface area contributed by atoms with Crippen molar-refractivity contribution in [2.75, 3.05) is 13.7 Å². The Hall–Kier alpha value is -0.875. The van der Waals surface area contributed by atoms with Crippen molar-refractivity contribution in [1.29, 1.82) is 0 Å². The third-order valence-corrected chi connectivity index (χ3v) is 2.19. The Labute approximate surface area is 96.0 Å². The maximum atomic E-state index is 9.00. The van der Waals surface area contributed by atoms with Crippen LogP contribution in [-0.4, -0.2) is 37.0 Å². The van der Waals surface area contributed by atoms with Gasteiger partial charge in [0.2, 0.25) is 0 Å². The summed E-state index contributed by atoms with van der Waals surface area (Å²) in [4.78, 5) is 0. The summed E-state index contributed by atoms with van der Waals surface area (Å²) >= 11 is 0. The lowest BCUT2D eigenvalue weighted by atomic mass is 9.80. The Balaban J connectivity index is 2.50. The van der Waals surface area contributed by atoms with Crippen LogP contribution in [0.15, 0.2) is 24.3 Å². The van der Waals surface area contributed by atoms with Gasteiger partial charge in [-0.3, -0.25) is 0 Å². The number of benzene rings is 1. The molecule has 0 saturated heterocycles. The van der Waals surface area contributed by atoms with E-state index in [9.17, 15) is 0 Å². The Morgan fingerprint density at radius 3 is 2.75 bits per heavy atom. The van der Waals surface area contributed by atoms with Gasteiger partial charge in [0.1, 0.15) is 0 Å². The fourth-order valence-corrected chi connectivity index (χ4v) is 1.36. The van der Waals surface area contributed by atoms with E-state index >= 15 is 0 Å². The average Bonchev–Trinajstić information content (AvgIpc) is 2.27. The van der Waals surface area contributed by atoms with Gasteiger partial charge >= 0.3 is 7.12 Å². The highest BCUT2D eigenvalue weighted by atomic mass is 16.5. The van der Waals surface area contributed by atoms with Crippen LogP contribution in [0.25, 0.3) is 0 Å². The zero-order valence-corrected chi connectivity index (χ0v) is 9.59. The molecule has 0 fully saturated rings. The van der Waals surface area contributed by atoms with Gasteiger partial charge in [0.05, 0.1) is 19.3 Å². The number of hydrogen-bond donors (Lipinski definition) is 2. The number of rotatable bonds is 6. The predicted octanol–water partition coefficient (Wildman–Crippen LogP) is -0.0821. The number of ether oxygens (including phenoxy) is 2. The molecule has 1 unspecified atom stereocenters. The molecule has 4 nitrogen and oxygen atoms in total. The summed E-state index contributed by atoms with van der Waals surface area (Å²) in [5.41, 5.74) is 1.38. The van der Waals surface area contributed by atoms with Crippen LogP contribution in [0.4, 0.5) is 0 Å². The third kappa shape index (κ3) is 4.32. The van der Waals surface area contributed by atoms with Crippen molar-refractivity contribution < 1.29 is 19.5 Å². The van der Waals surface area contributed by atoms with Crippen molar-refractivity contribution >= 4 is 12.6 Å². The Kier molecular flexibility index (Phi) is 5.48. The summed E-state index contributed by atoms with van der Waals surface area (Å²) < 4.78 is 10.5. The molecular weight excluding hydrogens is 207 g/mol. The first-order valence-electron chi connectivity index (χ1n) is 5.19. The molecule has 2 N–H and O–H groups in total. The molecule has 0 aliphatic carbocycles. The van der Waals surface area contributed by atoms with Crippen molar-refractivity contribution in [3.8, 4) is 0 Å². The van der Waals surface area contributed by atoms with E-state index in [1.807, 2.05) is 13.0 Å². The van der Waals surface area contributed by atoms with Crippen molar-refractivity contribution in [1.82, 2.24) is 0 Å². The molecule has 1 rings (SSSR count). The first-order chi connectivity index (χ1) is 7.63. The molecule has 1 aromatic rings. The van der Waals surface area contributed by atoms with E-state index in [0.29, 0.717) is 18.7 Å². The monoisotopic (exact) mass is 224 g/mol. The Morgan fingerprint density at radius 2 is 2.12 bits per heavy atom. The lowest BCUT2D eigenvalue weighted by Crippen LogP contribution is -2.30. The highest BCUT2D eigenvalue weighted by Gasteiger charge is 2.11. The minimum Gasteiger partial charge on any atom is -0.423 e. The average molecular weight is 224 g/mol. The van der Waals surface area contributed by atoms with E-state index in [1.165, 1.54) is 0 Å². The van der Waals surface area contributed by atoms with Crippen LogP contribution in [0.2, 0.25) is 0 Å². The van der Waals surface area contributed by atoms with E-state index in [2.05, 4.69) is 0 Å².